The third-order valence-electron chi connectivity index (χ3n) is 2.89. The van der Waals surface area contributed by atoms with Crippen LogP contribution in [0.3, 0.4) is 0 Å². The van der Waals surface area contributed by atoms with Crippen LogP contribution in [-0.4, -0.2) is 21.4 Å². The maximum Gasteiger partial charge on any atom is 0.151 e. The third kappa shape index (κ3) is 2.05. The Labute approximate surface area is 123 Å². The molecular weight excluding hydrogens is 296 g/mol. The van der Waals surface area contributed by atoms with E-state index in [1.165, 1.54) is 11.3 Å². The first kappa shape index (κ1) is 13.0. The number of carbonyl (C=O) groups excluding carboxylic acids is 1. The lowest BCUT2D eigenvalue weighted by atomic mass is 10.1. The molecule has 6 heteroatoms. The first-order valence-corrected chi connectivity index (χ1v) is 7.06. The van der Waals surface area contributed by atoms with Crippen LogP contribution in [0.4, 0.5) is 0 Å². The number of hydrogen-bond acceptors (Lipinski definition) is 5. The van der Waals surface area contributed by atoms with Crippen LogP contribution in [-0.2, 0) is 0 Å². The van der Waals surface area contributed by atoms with E-state index in [0.717, 1.165) is 5.69 Å². The SMILES string of the molecule is Cc1csc(-c2cc(O)c3ccc(C=O)c(Cl)c3n2)n1. The average Bonchev–Trinajstić information content (AvgIpc) is 2.86. The van der Waals surface area contributed by atoms with Gasteiger partial charge in [-0.1, -0.05) is 11.6 Å². The summed E-state index contributed by atoms with van der Waals surface area (Å²) in [5.41, 5.74) is 2.18. The van der Waals surface area contributed by atoms with E-state index in [1.807, 2.05) is 12.3 Å². The Balaban J connectivity index is 2.31. The Hall–Kier alpha value is -1.98. The molecule has 1 N–H and O–H groups in total. The zero-order chi connectivity index (χ0) is 14.3. The predicted molar refractivity (Wildman–Crippen MR) is 79.7 cm³/mol. The minimum atomic E-state index is 0.0669. The van der Waals surface area contributed by atoms with Gasteiger partial charge in [-0.25, -0.2) is 9.97 Å². The van der Waals surface area contributed by atoms with E-state index in [0.29, 0.717) is 33.5 Å². The fourth-order valence-electron chi connectivity index (χ4n) is 1.93. The highest BCUT2D eigenvalue weighted by Gasteiger charge is 2.13. The molecule has 0 saturated carbocycles. The minimum absolute atomic E-state index is 0.0669. The molecule has 0 fully saturated rings. The highest BCUT2D eigenvalue weighted by atomic mass is 35.5. The lowest BCUT2D eigenvalue weighted by Crippen LogP contribution is -1.90. The van der Waals surface area contributed by atoms with Gasteiger partial charge in [0.05, 0.1) is 10.5 Å². The van der Waals surface area contributed by atoms with Crippen LogP contribution in [0.25, 0.3) is 21.6 Å². The van der Waals surface area contributed by atoms with Crippen LogP contribution in [0.2, 0.25) is 5.02 Å². The number of thiazole rings is 1. The Bertz CT molecular complexity index is 829. The van der Waals surface area contributed by atoms with Crippen molar-refractivity contribution < 1.29 is 9.90 Å². The van der Waals surface area contributed by atoms with E-state index in [4.69, 9.17) is 11.6 Å². The predicted octanol–water partition coefficient (Wildman–Crippen LogP) is 3.84. The third-order valence-corrected chi connectivity index (χ3v) is 4.27. The van der Waals surface area contributed by atoms with Crippen LogP contribution < -0.4 is 0 Å². The topological polar surface area (TPSA) is 63.1 Å². The first-order valence-electron chi connectivity index (χ1n) is 5.80. The Morgan fingerprint density at radius 2 is 2.15 bits per heavy atom. The summed E-state index contributed by atoms with van der Waals surface area (Å²) in [5.74, 6) is 0.0669. The van der Waals surface area contributed by atoms with Crippen molar-refractivity contribution in [3.8, 4) is 16.5 Å². The van der Waals surface area contributed by atoms with Crippen molar-refractivity contribution in [1.29, 1.82) is 0 Å². The van der Waals surface area contributed by atoms with Crippen LogP contribution >= 0.6 is 22.9 Å². The van der Waals surface area contributed by atoms with Gasteiger partial charge in [0.25, 0.3) is 0 Å². The van der Waals surface area contributed by atoms with Crippen molar-refractivity contribution >= 4 is 40.1 Å². The number of benzene rings is 1. The summed E-state index contributed by atoms with van der Waals surface area (Å²) in [7, 11) is 0. The van der Waals surface area contributed by atoms with Gasteiger partial charge in [-0.2, -0.15) is 0 Å². The number of nitrogens with zero attached hydrogens (tertiary/aromatic N) is 2. The summed E-state index contributed by atoms with van der Waals surface area (Å²) in [6, 6.07) is 4.74. The molecular formula is C14H9ClN2O2S. The van der Waals surface area contributed by atoms with Crippen molar-refractivity contribution in [2.24, 2.45) is 0 Å². The van der Waals surface area contributed by atoms with Gasteiger partial charge in [0, 0.05) is 28.1 Å². The lowest BCUT2D eigenvalue weighted by Gasteiger charge is -2.06. The van der Waals surface area contributed by atoms with Crippen LogP contribution in [0.1, 0.15) is 16.1 Å². The highest BCUT2D eigenvalue weighted by Crippen LogP contribution is 2.34. The monoisotopic (exact) mass is 304 g/mol. The Kier molecular flexibility index (Phi) is 3.16. The molecule has 0 aliphatic heterocycles. The molecule has 0 amide bonds. The van der Waals surface area contributed by atoms with Crippen molar-refractivity contribution in [3.63, 3.8) is 0 Å². The number of aromatic hydroxyl groups is 1. The Morgan fingerprint density at radius 3 is 2.80 bits per heavy atom. The molecule has 3 rings (SSSR count). The van der Waals surface area contributed by atoms with Gasteiger partial charge in [-0.15, -0.1) is 11.3 Å². The maximum atomic E-state index is 10.9. The summed E-state index contributed by atoms with van der Waals surface area (Å²) < 4.78 is 0. The number of aryl methyl sites for hydroxylation is 1. The molecule has 0 aliphatic rings. The van der Waals surface area contributed by atoms with E-state index < -0.39 is 0 Å². The number of rotatable bonds is 2. The van der Waals surface area contributed by atoms with Gasteiger partial charge in [0.15, 0.2) is 6.29 Å². The molecule has 0 saturated heterocycles. The molecule has 2 heterocycles. The zero-order valence-electron chi connectivity index (χ0n) is 10.4. The van der Waals surface area contributed by atoms with E-state index in [1.54, 1.807) is 18.2 Å². The second-order valence-electron chi connectivity index (χ2n) is 4.30. The van der Waals surface area contributed by atoms with E-state index in [-0.39, 0.29) is 10.8 Å². The maximum absolute atomic E-state index is 10.9. The molecule has 0 bridgehead atoms. The molecule has 0 unspecified atom stereocenters. The fraction of sp³-hybridized carbons (Fsp3) is 0.0714. The number of fused-ring (bicyclic) bond motifs is 1. The second kappa shape index (κ2) is 4.85. The highest BCUT2D eigenvalue weighted by molar-refractivity contribution is 7.13. The number of aldehydes is 1. The molecule has 4 nitrogen and oxygen atoms in total. The van der Waals surface area contributed by atoms with Gasteiger partial charge in [0.2, 0.25) is 0 Å². The van der Waals surface area contributed by atoms with Crippen LogP contribution in [0.5, 0.6) is 5.75 Å². The summed E-state index contributed by atoms with van der Waals surface area (Å²) in [6.45, 7) is 1.89. The molecule has 0 radical (unpaired) electrons. The normalized spacial score (nSPS) is 10.9. The summed E-state index contributed by atoms with van der Waals surface area (Å²) >= 11 is 7.59. The van der Waals surface area contributed by atoms with Gasteiger partial charge in [-0.3, -0.25) is 4.79 Å². The van der Waals surface area contributed by atoms with Crippen molar-refractivity contribution in [1.82, 2.24) is 9.97 Å². The standard InChI is InChI=1S/C14H9ClN2O2S/c1-7-6-20-14(16-7)10-4-11(19)9-3-2-8(5-18)12(15)13(9)17-10/h2-6H,1H3,(H,17,19). The Morgan fingerprint density at radius 1 is 1.35 bits per heavy atom. The number of pyridine rings is 1. The minimum Gasteiger partial charge on any atom is -0.507 e. The summed E-state index contributed by atoms with van der Waals surface area (Å²) in [4.78, 5) is 19.7. The lowest BCUT2D eigenvalue weighted by molar-refractivity contribution is 0.112. The summed E-state index contributed by atoms with van der Waals surface area (Å²) in [5, 5.41) is 13.5. The molecule has 1 aromatic carbocycles. The largest absolute Gasteiger partial charge is 0.507 e. The number of carbonyl (C=O) groups is 1. The smallest absolute Gasteiger partial charge is 0.151 e. The first-order chi connectivity index (χ1) is 9.60. The van der Waals surface area contributed by atoms with Gasteiger partial charge in [-0.05, 0) is 19.1 Å². The molecule has 0 aliphatic carbocycles. The van der Waals surface area contributed by atoms with Crippen LogP contribution in [0.15, 0.2) is 23.6 Å². The second-order valence-corrected chi connectivity index (χ2v) is 5.54. The van der Waals surface area contributed by atoms with E-state index >= 15 is 0 Å². The van der Waals surface area contributed by atoms with Gasteiger partial charge >= 0.3 is 0 Å². The van der Waals surface area contributed by atoms with Crippen molar-refractivity contribution in [3.05, 3.63) is 39.9 Å². The molecule has 3 aromatic rings. The van der Waals surface area contributed by atoms with Crippen molar-refractivity contribution in [2.45, 2.75) is 6.92 Å². The molecule has 0 spiro atoms. The van der Waals surface area contributed by atoms with E-state index in [9.17, 15) is 9.90 Å². The van der Waals surface area contributed by atoms with Gasteiger partial charge < -0.3 is 5.11 Å². The number of hydrogen-bond donors (Lipinski definition) is 1. The molecule has 100 valence electrons. The van der Waals surface area contributed by atoms with Gasteiger partial charge in [0.1, 0.15) is 16.5 Å². The average molecular weight is 305 g/mol. The van der Waals surface area contributed by atoms with E-state index in [2.05, 4.69) is 9.97 Å². The quantitative estimate of drug-likeness (QED) is 0.731. The fourth-order valence-corrected chi connectivity index (χ4v) is 2.94. The molecule has 20 heavy (non-hydrogen) atoms. The number of aromatic nitrogens is 2. The molecule has 0 atom stereocenters. The van der Waals surface area contributed by atoms with Crippen molar-refractivity contribution in [2.75, 3.05) is 0 Å². The summed E-state index contributed by atoms with van der Waals surface area (Å²) in [6.07, 6.45) is 0.667. The number of halogens is 1. The zero-order valence-corrected chi connectivity index (χ0v) is 12.0. The molecule has 2 aromatic heterocycles. The van der Waals surface area contributed by atoms with Crippen LogP contribution in [0, 0.1) is 6.92 Å².